The van der Waals surface area contributed by atoms with Gasteiger partial charge >= 0.3 is 6.01 Å². The molecule has 0 radical (unpaired) electrons. The Kier molecular flexibility index (Phi) is 6.26. The van der Waals surface area contributed by atoms with Gasteiger partial charge in [0.2, 0.25) is 0 Å². The lowest BCUT2D eigenvalue weighted by atomic mass is 9.95. The van der Waals surface area contributed by atoms with Crippen LogP contribution in [0.15, 0.2) is 36.8 Å². The second-order valence-corrected chi connectivity index (χ2v) is 12.5. The lowest BCUT2D eigenvalue weighted by Gasteiger charge is -2.34. The number of ether oxygens (including phenoxy) is 1. The van der Waals surface area contributed by atoms with Crippen LogP contribution in [-0.2, 0) is 6.42 Å². The van der Waals surface area contributed by atoms with Crippen LogP contribution in [0.4, 0.5) is 14.6 Å². The van der Waals surface area contributed by atoms with Gasteiger partial charge in [-0.2, -0.15) is 9.97 Å². The highest BCUT2D eigenvalue weighted by Crippen LogP contribution is 2.41. The molecule has 4 aromatic rings. The molecular formula is C32H35F2N7O. The van der Waals surface area contributed by atoms with E-state index in [0.717, 1.165) is 68.1 Å². The molecule has 8 nitrogen and oxygen atoms in total. The van der Waals surface area contributed by atoms with Crippen LogP contribution in [0, 0.1) is 5.82 Å². The SMILES string of the molecule is CCc1cccc2cncc(-c3ncc4c(N5CC6CCC(C5)N6)nc(OCC56CCCN5CC(F)C6)nc4c3F)c12. The van der Waals surface area contributed by atoms with Crippen molar-refractivity contribution in [2.45, 2.75) is 69.2 Å². The number of rotatable bonds is 6. The van der Waals surface area contributed by atoms with Crippen molar-refractivity contribution < 1.29 is 13.5 Å². The highest BCUT2D eigenvalue weighted by molar-refractivity contribution is 6.00. The van der Waals surface area contributed by atoms with Crippen LogP contribution in [0.2, 0.25) is 0 Å². The maximum absolute atomic E-state index is 16.7. The van der Waals surface area contributed by atoms with Crippen LogP contribution in [0.25, 0.3) is 32.9 Å². The number of nitrogens with zero attached hydrogens (tertiary/aromatic N) is 6. The van der Waals surface area contributed by atoms with Gasteiger partial charge in [-0.3, -0.25) is 14.9 Å². The Labute approximate surface area is 243 Å². The highest BCUT2D eigenvalue weighted by atomic mass is 19.1. The Morgan fingerprint density at radius 2 is 1.95 bits per heavy atom. The molecule has 218 valence electrons. The zero-order chi connectivity index (χ0) is 28.4. The van der Waals surface area contributed by atoms with Crippen molar-refractivity contribution in [1.29, 1.82) is 0 Å². The monoisotopic (exact) mass is 571 g/mol. The smallest absolute Gasteiger partial charge is 0.319 e. The third-order valence-electron chi connectivity index (χ3n) is 9.90. The van der Waals surface area contributed by atoms with Gasteiger partial charge in [-0.05, 0) is 49.6 Å². The normalized spacial score (nSPS) is 27.3. The first-order valence-electron chi connectivity index (χ1n) is 15.3. The first-order chi connectivity index (χ1) is 20.5. The number of benzene rings is 1. The van der Waals surface area contributed by atoms with Crippen molar-refractivity contribution in [1.82, 2.24) is 30.2 Å². The maximum atomic E-state index is 16.7. The molecular weight excluding hydrogens is 536 g/mol. The summed E-state index contributed by atoms with van der Waals surface area (Å²) in [5.41, 5.74) is 1.81. The Balaban J connectivity index is 1.25. The zero-order valence-corrected chi connectivity index (χ0v) is 23.8. The van der Waals surface area contributed by atoms with Crippen LogP contribution < -0.4 is 15.0 Å². The molecule has 0 aliphatic carbocycles. The molecule has 0 spiro atoms. The molecule has 4 fully saturated rings. The number of alkyl halides is 1. The first-order valence-corrected chi connectivity index (χ1v) is 15.3. The van der Waals surface area contributed by atoms with Gasteiger partial charge in [0, 0.05) is 67.7 Å². The number of hydrogen-bond acceptors (Lipinski definition) is 8. The number of pyridine rings is 2. The molecule has 4 atom stereocenters. The first kappa shape index (κ1) is 26.2. The number of fused-ring (bicyclic) bond motifs is 5. The number of piperazine rings is 1. The summed E-state index contributed by atoms with van der Waals surface area (Å²) in [5, 5.41) is 6.12. The van der Waals surface area contributed by atoms with E-state index in [4.69, 9.17) is 9.72 Å². The standard InChI is InChI=1S/C32H35F2N7O/c1-2-19-5-3-6-20-12-35-13-24(26(19)20)28-27(34)29-25(14-36-28)30(40-16-22-7-8-23(17-40)37-22)39-31(38-29)42-18-32-9-4-10-41(32)15-21(33)11-32/h3,5-6,12-14,21-23,37H,2,4,7-11,15-18H2,1H3. The van der Waals surface area contributed by atoms with Crippen molar-refractivity contribution in [2.75, 3.05) is 37.7 Å². The van der Waals surface area contributed by atoms with E-state index >= 15 is 4.39 Å². The lowest BCUT2D eigenvalue weighted by Crippen LogP contribution is -2.51. The number of aromatic nitrogens is 4. The Morgan fingerprint density at radius 3 is 2.79 bits per heavy atom. The molecule has 0 saturated carbocycles. The molecule has 3 aromatic heterocycles. The van der Waals surface area contributed by atoms with Crippen molar-refractivity contribution in [2.24, 2.45) is 0 Å². The minimum atomic E-state index is -0.855. The number of nitrogens with one attached hydrogen (secondary N) is 1. The largest absolute Gasteiger partial charge is 0.461 e. The molecule has 42 heavy (non-hydrogen) atoms. The van der Waals surface area contributed by atoms with Crippen molar-refractivity contribution >= 4 is 27.5 Å². The molecule has 4 saturated heterocycles. The summed E-state index contributed by atoms with van der Waals surface area (Å²) in [6.07, 6.45) is 9.71. The third-order valence-corrected chi connectivity index (χ3v) is 9.90. The lowest BCUT2D eigenvalue weighted by molar-refractivity contribution is 0.107. The van der Waals surface area contributed by atoms with Crippen LogP contribution in [0.3, 0.4) is 0 Å². The van der Waals surface area contributed by atoms with E-state index in [-0.39, 0.29) is 29.4 Å². The minimum absolute atomic E-state index is 0.133. The zero-order valence-electron chi connectivity index (χ0n) is 23.8. The molecule has 4 unspecified atom stereocenters. The summed E-state index contributed by atoms with van der Waals surface area (Å²) >= 11 is 0. The second kappa shape index (κ2) is 10.1. The molecule has 2 bridgehead atoms. The highest BCUT2D eigenvalue weighted by Gasteiger charge is 2.49. The average Bonchev–Trinajstić information content (AvgIpc) is 3.65. The summed E-state index contributed by atoms with van der Waals surface area (Å²) in [6.45, 7) is 5.25. The van der Waals surface area contributed by atoms with E-state index in [1.54, 1.807) is 18.6 Å². The van der Waals surface area contributed by atoms with Crippen LogP contribution in [-0.4, -0.2) is 81.4 Å². The maximum Gasteiger partial charge on any atom is 0.319 e. The van der Waals surface area contributed by atoms with Crippen LogP contribution in [0.5, 0.6) is 6.01 Å². The second-order valence-electron chi connectivity index (χ2n) is 12.5. The number of anilines is 1. The summed E-state index contributed by atoms with van der Waals surface area (Å²) in [5.74, 6) is 0.136. The van der Waals surface area contributed by atoms with E-state index in [1.807, 2.05) is 12.1 Å². The quantitative estimate of drug-likeness (QED) is 0.353. The molecule has 4 aliphatic heterocycles. The van der Waals surface area contributed by atoms with E-state index in [0.29, 0.717) is 41.8 Å². The van der Waals surface area contributed by atoms with E-state index in [9.17, 15) is 4.39 Å². The predicted octanol–water partition coefficient (Wildman–Crippen LogP) is 4.84. The topological polar surface area (TPSA) is 79.3 Å². The Morgan fingerprint density at radius 1 is 1.10 bits per heavy atom. The van der Waals surface area contributed by atoms with Crippen molar-refractivity contribution in [3.05, 3.63) is 48.2 Å². The van der Waals surface area contributed by atoms with Crippen molar-refractivity contribution in [3.8, 4) is 17.3 Å². The fraction of sp³-hybridized carbons (Fsp3) is 0.500. The Hall–Kier alpha value is -3.50. The van der Waals surface area contributed by atoms with E-state index in [1.165, 1.54) is 0 Å². The van der Waals surface area contributed by atoms with Gasteiger partial charge in [0.25, 0.3) is 0 Å². The average molecular weight is 572 g/mol. The van der Waals surface area contributed by atoms with Crippen LogP contribution >= 0.6 is 0 Å². The number of hydrogen-bond donors (Lipinski definition) is 1. The van der Waals surface area contributed by atoms with Gasteiger partial charge in [0.15, 0.2) is 5.82 Å². The number of aryl methyl sites for hydroxylation is 1. The molecule has 1 aromatic carbocycles. The summed E-state index contributed by atoms with van der Waals surface area (Å²) in [4.78, 5) is 23.0. The van der Waals surface area contributed by atoms with E-state index < -0.39 is 12.0 Å². The Bertz CT molecular complexity index is 1670. The molecule has 1 N–H and O–H groups in total. The summed E-state index contributed by atoms with van der Waals surface area (Å²) < 4.78 is 37.4. The van der Waals surface area contributed by atoms with Gasteiger partial charge in [-0.25, -0.2) is 8.78 Å². The van der Waals surface area contributed by atoms with Gasteiger partial charge in [0.05, 0.1) is 10.9 Å². The summed E-state index contributed by atoms with van der Waals surface area (Å²) in [6, 6.07) is 6.93. The fourth-order valence-electron chi connectivity index (χ4n) is 7.92. The van der Waals surface area contributed by atoms with Gasteiger partial charge < -0.3 is 15.0 Å². The summed E-state index contributed by atoms with van der Waals surface area (Å²) in [7, 11) is 0. The van der Waals surface area contributed by atoms with Gasteiger partial charge in [-0.1, -0.05) is 25.1 Å². The van der Waals surface area contributed by atoms with Gasteiger partial charge in [-0.15, -0.1) is 0 Å². The predicted molar refractivity (Wildman–Crippen MR) is 158 cm³/mol. The van der Waals surface area contributed by atoms with E-state index in [2.05, 4.69) is 43.1 Å². The molecule has 4 aliphatic rings. The third kappa shape index (κ3) is 4.21. The molecule has 0 amide bonds. The molecule has 10 heteroatoms. The molecule has 8 rings (SSSR count). The van der Waals surface area contributed by atoms with Crippen LogP contribution in [0.1, 0.15) is 44.6 Å². The van der Waals surface area contributed by atoms with Crippen molar-refractivity contribution in [3.63, 3.8) is 0 Å². The minimum Gasteiger partial charge on any atom is -0.461 e. The van der Waals surface area contributed by atoms with Gasteiger partial charge in [0.1, 0.15) is 29.8 Å². The number of halogens is 2. The fourth-order valence-corrected chi connectivity index (χ4v) is 7.92. The molecule has 7 heterocycles.